The van der Waals surface area contributed by atoms with Crippen LogP contribution < -0.4 is 10.1 Å². The molecule has 1 amide bonds. The third kappa shape index (κ3) is 4.81. The number of benzene rings is 2. The van der Waals surface area contributed by atoms with E-state index in [1.165, 1.54) is 29.8 Å². The van der Waals surface area contributed by atoms with E-state index in [0.717, 1.165) is 5.69 Å². The molecule has 0 radical (unpaired) electrons. The van der Waals surface area contributed by atoms with Gasteiger partial charge in [0.1, 0.15) is 11.6 Å². The topological polar surface area (TPSA) is 38.3 Å². The van der Waals surface area contributed by atoms with Crippen molar-refractivity contribution in [2.24, 2.45) is 0 Å². The van der Waals surface area contributed by atoms with Crippen molar-refractivity contribution >= 4 is 11.6 Å². The number of rotatable bonds is 6. The van der Waals surface area contributed by atoms with Crippen LogP contribution in [0.1, 0.15) is 38.7 Å². The van der Waals surface area contributed by atoms with Crippen molar-refractivity contribution in [3.63, 3.8) is 0 Å². The molecular weight excluding hydrogens is 293 g/mol. The minimum absolute atomic E-state index is 0.214. The van der Waals surface area contributed by atoms with E-state index in [2.05, 4.69) is 19.2 Å². The Kier molecular flexibility index (Phi) is 5.74. The highest BCUT2D eigenvalue weighted by molar-refractivity contribution is 5.94. The quantitative estimate of drug-likeness (QED) is 0.835. The molecule has 0 aliphatic rings. The van der Waals surface area contributed by atoms with Gasteiger partial charge in [0.25, 0.3) is 5.91 Å². The molecule has 0 saturated heterocycles. The third-order valence-corrected chi connectivity index (χ3v) is 3.60. The van der Waals surface area contributed by atoms with Crippen LogP contribution in [-0.4, -0.2) is 12.0 Å². The molecule has 1 N–H and O–H groups in total. The zero-order valence-electron chi connectivity index (χ0n) is 13.7. The van der Waals surface area contributed by atoms with Gasteiger partial charge in [-0.25, -0.2) is 4.39 Å². The van der Waals surface area contributed by atoms with Crippen molar-refractivity contribution in [1.82, 2.24) is 0 Å². The van der Waals surface area contributed by atoms with Crippen LogP contribution in [0.4, 0.5) is 10.1 Å². The minimum Gasteiger partial charge on any atom is -0.481 e. The standard InChI is InChI=1S/C19H22FNO2/c1-4-18(23-17-11-7-15(20)8-12-17)19(22)21-16-9-5-14(6-10-16)13(2)3/h5-13,18H,4H2,1-3H3,(H,21,22)/t18-/m0/s1. The number of ether oxygens (including phenoxy) is 1. The Morgan fingerprint density at radius 1 is 1.09 bits per heavy atom. The van der Waals surface area contributed by atoms with Gasteiger partial charge in [-0.15, -0.1) is 0 Å². The Hall–Kier alpha value is -2.36. The van der Waals surface area contributed by atoms with Crippen LogP contribution in [0.5, 0.6) is 5.75 Å². The van der Waals surface area contributed by atoms with Crippen LogP contribution in [0, 0.1) is 5.82 Å². The van der Waals surface area contributed by atoms with Crippen molar-refractivity contribution in [2.45, 2.75) is 39.2 Å². The zero-order valence-corrected chi connectivity index (χ0v) is 13.7. The molecule has 0 aromatic heterocycles. The molecule has 0 heterocycles. The second-order valence-corrected chi connectivity index (χ2v) is 5.73. The highest BCUT2D eigenvalue weighted by Crippen LogP contribution is 2.19. The summed E-state index contributed by atoms with van der Waals surface area (Å²) in [6, 6.07) is 13.4. The Labute approximate surface area is 136 Å². The van der Waals surface area contributed by atoms with E-state index < -0.39 is 6.10 Å². The molecule has 2 rings (SSSR count). The summed E-state index contributed by atoms with van der Waals surface area (Å²) in [6.07, 6.45) is -0.0990. The van der Waals surface area contributed by atoms with E-state index >= 15 is 0 Å². The van der Waals surface area contributed by atoms with E-state index in [9.17, 15) is 9.18 Å². The first-order chi connectivity index (χ1) is 11.0. The maximum absolute atomic E-state index is 12.9. The van der Waals surface area contributed by atoms with Gasteiger partial charge in [-0.05, 0) is 54.3 Å². The highest BCUT2D eigenvalue weighted by atomic mass is 19.1. The van der Waals surface area contributed by atoms with Gasteiger partial charge in [-0.3, -0.25) is 4.79 Å². The number of carbonyl (C=O) groups excluding carboxylic acids is 1. The summed E-state index contributed by atoms with van der Waals surface area (Å²) in [5, 5.41) is 2.85. The summed E-state index contributed by atoms with van der Waals surface area (Å²) in [5.74, 6) is 0.378. The predicted molar refractivity (Wildman–Crippen MR) is 90.3 cm³/mol. The van der Waals surface area contributed by atoms with Crippen LogP contribution in [0.25, 0.3) is 0 Å². The zero-order chi connectivity index (χ0) is 16.8. The van der Waals surface area contributed by atoms with E-state index in [0.29, 0.717) is 18.1 Å². The van der Waals surface area contributed by atoms with E-state index in [1.54, 1.807) is 0 Å². The van der Waals surface area contributed by atoms with E-state index in [-0.39, 0.29) is 11.7 Å². The molecule has 4 heteroatoms. The number of nitrogens with one attached hydrogen (secondary N) is 1. The Morgan fingerprint density at radius 2 is 1.70 bits per heavy atom. The third-order valence-electron chi connectivity index (χ3n) is 3.60. The van der Waals surface area contributed by atoms with Crippen molar-refractivity contribution in [1.29, 1.82) is 0 Å². The molecule has 0 bridgehead atoms. The lowest BCUT2D eigenvalue weighted by atomic mass is 10.0. The fraction of sp³-hybridized carbons (Fsp3) is 0.316. The van der Waals surface area contributed by atoms with E-state index in [1.807, 2.05) is 31.2 Å². The molecule has 1 atom stereocenters. The first-order valence-corrected chi connectivity index (χ1v) is 7.82. The fourth-order valence-corrected chi connectivity index (χ4v) is 2.17. The van der Waals surface area contributed by atoms with Crippen LogP contribution in [-0.2, 0) is 4.79 Å². The van der Waals surface area contributed by atoms with Crippen molar-refractivity contribution in [3.8, 4) is 5.75 Å². The molecule has 0 fully saturated rings. The molecule has 23 heavy (non-hydrogen) atoms. The number of anilines is 1. The molecule has 3 nitrogen and oxygen atoms in total. The van der Waals surface area contributed by atoms with Crippen molar-refractivity contribution in [3.05, 3.63) is 59.9 Å². The van der Waals surface area contributed by atoms with E-state index in [4.69, 9.17) is 4.74 Å². The molecule has 0 saturated carbocycles. The van der Waals surface area contributed by atoms with Gasteiger partial charge < -0.3 is 10.1 Å². The van der Waals surface area contributed by atoms with Crippen LogP contribution in [0.2, 0.25) is 0 Å². The molecular formula is C19H22FNO2. The van der Waals surface area contributed by atoms with Crippen molar-refractivity contribution < 1.29 is 13.9 Å². The van der Waals surface area contributed by atoms with Gasteiger partial charge in [-0.2, -0.15) is 0 Å². The lowest BCUT2D eigenvalue weighted by Gasteiger charge is -2.17. The van der Waals surface area contributed by atoms with Crippen molar-refractivity contribution in [2.75, 3.05) is 5.32 Å². The average molecular weight is 315 g/mol. The van der Waals surface area contributed by atoms with Gasteiger partial charge in [-0.1, -0.05) is 32.9 Å². The minimum atomic E-state index is -0.620. The Bertz CT molecular complexity index is 635. The van der Waals surface area contributed by atoms with Crippen LogP contribution >= 0.6 is 0 Å². The van der Waals surface area contributed by atoms with Gasteiger partial charge in [0, 0.05) is 5.69 Å². The van der Waals surface area contributed by atoms with Crippen LogP contribution in [0.15, 0.2) is 48.5 Å². The molecule has 0 spiro atoms. The van der Waals surface area contributed by atoms with Gasteiger partial charge in [0.15, 0.2) is 6.10 Å². The van der Waals surface area contributed by atoms with Gasteiger partial charge in [0.2, 0.25) is 0 Å². The molecule has 2 aromatic carbocycles. The number of hydrogen-bond acceptors (Lipinski definition) is 2. The monoisotopic (exact) mass is 315 g/mol. The maximum Gasteiger partial charge on any atom is 0.265 e. The molecule has 0 aliphatic carbocycles. The number of halogens is 1. The summed E-state index contributed by atoms with van der Waals surface area (Å²) in [4.78, 5) is 12.3. The summed E-state index contributed by atoms with van der Waals surface area (Å²) in [5.41, 5.74) is 1.96. The largest absolute Gasteiger partial charge is 0.481 e. The SMILES string of the molecule is CC[C@H](Oc1ccc(F)cc1)C(=O)Nc1ccc(C(C)C)cc1. The Balaban J connectivity index is 2.00. The molecule has 0 aliphatic heterocycles. The molecule has 0 unspecified atom stereocenters. The first kappa shape index (κ1) is 17.0. The highest BCUT2D eigenvalue weighted by Gasteiger charge is 2.18. The van der Waals surface area contributed by atoms with Gasteiger partial charge >= 0.3 is 0 Å². The summed E-state index contributed by atoms with van der Waals surface area (Å²) >= 11 is 0. The fourth-order valence-electron chi connectivity index (χ4n) is 2.17. The number of amides is 1. The number of hydrogen-bond donors (Lipinski definition) is 1. The van der Waals surface area contributed by atoms with Gasteiger partial charge in [0.05, 0.1) is 0 Å². The van der Waals surface area contributed by atoms with Crippen LogP contribution in [0.3, 0.4) is 0 Å². The molecule has 2 aromatic rings. The normalized spacial score (nSPS) is 12.0. The Morgan fingerprint density at radius 3 is 2.22 bits per heavy atom. The lowest BCUT2D eigenvalue weighted by molar-refractivity contribution is -0.122. The second-order valence-electron chi connectivity index (χ2n) is 5.73. The first-order valence-electron chi connectivity index (χ1n) is 7.82. The lowest BCUT2D eigenvalue weighted by Crippen LogP contribution is -2.32. The summed E-state index contributed by atoms with van der Waals surface area (Å²) < 4.78 is 18.5. The predicted octanol–water partition coefficient (Wildman–Crippen LogP) is 4.75. The summed E-state index contributed by atoms with van der Waals surface area (Å²) in [6.45, 7) is 6.12. The summed E-state index contributed by atoms with van der Waals surface area (Å²) in [7, 11) is 0. The number of carbonyl (C=O) groups is 1. The maximum atomic E-state index is 12.9. The second kappa shape index (κ2) is 7.77. The average Bonchev–Trinajstić information content (AvgIpc) is 2.54. The molecule has 122 valence electrons. The smallest absolute Gasteiger partial charge is 0.265 e.